The molecular formula is C42H25N3O. The zero-order valence-corrected chi connectivity index (χ0v) is 24.7. The lowest BCUT2D eigenvalue weighted by Crippen LogP contribution is -1.93. The van der Waals surface area contributed by atoms with Gasteiger partial charge in [0.15, 0.2) is 0 Å². The summed E-state index contributed by atoms with van der Waals surface area (Å²) in [6.07, 6.45) is 0. The first-order valence-electron chi connectivity index (χ1n) is 15.7. The summed E-state index contributed by atoms with van der Waals surface area (Å²) >= 11 is 0. The minimum atomic E-state index is 0.891. The maximum atomic E-state index is 6.52. The first kappa shape index (κ1) is 24.1. The van der Waals surface area contributed by atoms with Gasteiger partial charge in [0.05, 0.1) is 22.1 Å². The smallest absolute Gasteiger partial charge is 0.136 e. The first-order valence-corrected chi connectivity index (χ1v) is 15.7. The molecule has 0 aliphatic rings. The standard InChI is InChI=1S/C42H25N3O/c1-5-13-37-27(9-1)28-10-2-6-14-38(28)44(37)25-17-19-35-31(21-25)32-24-42-34(23-36(32)43-35)33-22-26(18-20-41(33)46-42)45-39-15-7-3-11-29(39)30-12-4-8-16-40(30)45/h1-24,43H. The van der Waals surface area contributed by atoms with Crippen molar-refractivity contribution in [2.45, 2.75) is 0 Å². The molecule has 1 N–H and O–H groups in total. The lowest BCUT2D eigenvalue weighted by Gasteiger charge is -2.08. The van der Waals surface area contributed by atoms with Crippen molar-refractivity contribution in [2.75, 3.05) is 0 Å². The van der Waals surface area contributed by atoms with Gasteiger partial charge < -0.3 is 18.5 Å². The molecular weight excluding hydrogens is 562 g/mol. The number of nitrogens with one attached hydrogen (secondary N) is 1. The van der Waals surface area contributed by atoms with E-state index < -0.39 is 0 Å². The maximum absolute atomic E-state index is 6.52. The van der Waals surface area contributed by atoms with Crippen LogP contribution >= 0.6 is 0 Å². The van der Waals surface area contributed by atoms with E-state index in [0.717, 1.165) is 49.7 Å². The van der Waals surface area contributed by atoms with Gasteiger partial charge in [0, 0.05) is 65.5 Å². The molecule has 7 aromatic carbocycles. The van der Waals surface area contributed by atoms with Crippen LogP contribution in [0.2, 0.25) is 0 Å². The minimum Gasteiger partial charge on any atom is -0.456 e. The van der Waals surface area contributed by atoms with Gasteiger partial charge >= 0.3 is 0 Å². The van der Waals surface area contributed by atoms with Gasteiger partial charge in [-0.05, 0) is 72.8 Å². The molecule has 0 aliphatic carbocycles. The highest BCUT2D eigenvalue weighted by Gasteiger charge is 2.17. The number of hydrogen-bond acceptors (Lipinski definition) is 1. The van der Waals surface area contributed by atoms with Crippen LogP contribution in [0.1, 0.15) is 0 Å². The number of para-hydroxylation sites is 4. The molecule has 0 radical (unpaired) electrons. The quantitative estimate of drug-likeness (QED) is 0.215. The normalized spacial score (nSPS) is 12.3. The fraction of sp³-hybridized carbons (Fsp3) is 0. The van der Waals surface area contributed by atoms with Gasteiger partial charge in [-0.2, -0.15) is 0 Å². The third-order valence-electron chi connectivity index (χ3n) is 9.83. The number of aromatic amines is 1. The van der Waals surface area contributed by atoms with E-state index in [4.69, 9.17) is 4.42 Å². The molecule has 214 valence electrons. The molecule has 0 spiro atoms. The molecule has 0 bridgehead atoms. The van der Waals surface area contributed by atoms with Crippen LogP contribution in [0.15, 0.2) is 150 Å². The summed E-state index contributed by atoms with van der Waals surface area (Å²) in [6.45, 7) is 0. The van der Waals surface area contributed by atoms with Crippen LogP contribution in [-0.4, -0.2) is 14.1 Å². The molecule has 0 unspecified atom stereocenters. The summed E-state index contributed by atoms with van der Waals surface area (Å²) in [5.41, 5.74) is 11.1. The Morgan fingerprint density at radius 1 is 0.348 bits per heavy atom. The van der Waals surface area contributed by atoms with Crippen LogP contribution in [0, 0.1) is 0 Å². The van der Waals surface area contributed by atoms with E-state index in [1.807, 2.05) is 0 Å². The molecule has 0 aliphatic heterocycles. The average molecular weight is 588 g/mol. The zero-order chi connectivity index (χ0) is 29.9. The second-order valence-corrected chi connectivity index (χ2v) is 12.3. The number of hydrogen-bond donors (Lipinski definition) is 1. The van der Waals surface area contributed by atoms with Crippen molar-refractivity contribution in [2.24, 2.45) is 0 Å². The van der Waals surface area contributed by atoms with Crippen molar-refractivity contribution < 1.29 is 4.42 Å². The highest BCUT2D eigenvalue weighted by atomic mass is 16.3. The van der Waals surface area contributed by atoms with Crippen LogP contribution in [-0.2, 0) is 0 Å². The van der Waals surface area contributed by atoms with Crippen molar-refractivity contribution in [3.8, 4) is 11.4 Å². The van der Waals surface area contributed by atoms with Crippen LogP contribution in [0.25, 0.3) is 98.7 Å². The Kier molecular flexibility index (Phi) is 4.55. The van der Waals surface area contributed by atoms with Gasteiger partial charge in [0.2, 0.25) is 0 Å². The molecule has 4 aromatic heterocycles. The molecule has 4 heteroatoms. The fourth-order valence-corrected chi connectivity index (χ4v) is 7.83. The second-order valence-electron chi connectivity index (χ2n) is 12.3. The summed E-state index contributed by atoms with van der Waals surface area (Å²) in [5, 5.41) is 9.61. The molecule has 0 atom stereocenters. The summed E-state index contributed by atoms with van der Waals surface area (Å²) in [7, 11) is 0. The Balaban J connectivity index is 1.13. The number of aromatic nitrogens is 3. The Hall–Kier alpha value is -6.26. The number of benzene rings is 7. The van der Waals surface area contributed by atoms with Gasteiger partial charge in [-0.3, -0.25) is 0 Å². The third-order valence-corrected chi connectivity index (χ3v) is 9.83. The van der Waals surface area contributed by atoms with Gasteiger partial charge in [0.25, 0.3) is 0 Å². The van der Waals surface area contributed by atoms with Crippen LogP contribution in [0.5, 0.6) is 0 Å². The van der Waals surface area contributed by atoms with E-state index >= 15 is 0 Å². The molecule has 46 heavy (non-hydrogen) atoms. The minimum absolute atomic E-state index is 0.891. The number of H-pyrrole nitrogens is 1. The Morgan fingerprint density at radius 3 is 1.37 bits per heavy atom. The first-order chi connectivity index (χ1) is 22.8. The van der Waals surface area contributed by atoms with Crippen LogP contribution in [0.4, 0.5) is 0 Å². The van der Waals surface area contributed by atoms with Crippen molar-refractivity contribution in [1.29, 1.82) is 0 Å². The van der Waals surface area contributed by atoms with E-state index in [0.29, 0.717) is 0 Å². The number of nitrogens with zero attached hydrogens (tertiary/aromatic N) is 2. The predicted octanol–water partition coefficient (Wildman–Crippen LogP) is 11.4. The fourth-order valence-electron chi connectivity index (χ4n) is 7.83. The topological polar surface area (TPSA) is 38.8 Å². The van der Waals surface area contributed by atoms with Crippen molar-refractivity contribution in [3.63, 3.8) is 0 Å². The Bertz CT molecular complexity index is 2720. The van der Waals surface area contributed by atoms with Crippen molar-refractivity contribution >= 4 is 87.4 Å². The van der Waals surface area contributed by atoms with Gasteiger partial charge in [-0.1, -0.05) is 72.8 Å². The molecule has 11 aromatic rings. The molecule has 0 amide bonds. The Labute approximate surface area is 262 Å². The average Bonchev–Trinajstić information content (AvgIpc) is 3.84. The molecule has 4 heterocycles. The molecule has 0 saturated carbocycles. The lowest BCUT2D eigenvalue weighted by atomic mass is 10.1. The zero-order valence-electron chi connectivity index (χ0n) is 24.7. The molecule has 4 nitrogen and oxygen atoms in total. The van der Waals surface area contributed by atoms with E-state index in [9.17, 15) is 0 Å². The van der Waals surface area contributed by atoms with E-state index in [-0.39, 0.29) is 0 Å². The molecule has 11 rings (SSSR count). The SMILES string of the molecule is c1ccc2c(c1)c1ccccc1n2-c1ccc2[nH]c3cc4c(cc3c2c1)oc1ccc(-n2c3ccccc3c3ccccc32)cc14. The molecule has 0 fully saturated rings. The number of furan rings is 1. The summed E-state index contributed by atoms with van der Waals surface area (Å²) in [6, 6.07) is 52.3. The van der Waals surface area contributed by atoms with Gasteiger partial charge in [-0.15, -0.1) is 0 Å². The van der Waals surface area contributed by atoms with Crippen LogP contribution in [0.3, 0.4) is 0 Å². The monoisotopic (exact) mass is 587 g/mol. The van der Waals surface area contributed by atoms with Gasteiger partial charge in [0.1, 0.15) is 11.2 Å². The highest BCUT2D eigenvalue weighted by Crippen LogP contribution is 2.39. The Morgan fingerprint density at radius 2 is 0.804 bits per heavy atom. The maximum Gasteiger partial charge on any atom is 0.136 e. The van der Waals surface area contributed by atoms with E-state index in [1.165, 1.54) is 49.0 Å². The van der Waals surface area contributed by atoms with Crippen LogP contribution < -0.4 is 0 Å². The van der Waals surface area contributed by atoms with Crippen molar-refractivity contribution in [3.05, 3.63) is 146 Å². The summed E-state index contributed by atoms with van der Waals surface area (Å²) in [4.78, 5) is 3.71. The number of fused-ring (bicyclic) bond motifs is 12. The van der Waals surface area contributed by atoms with E-state index in [1.54, 1.807) is 0 Å². The second kappa shape index (κ2) is 8.68. The van der Waals surface area contributed by atoms with Gasteiger partial charge in [-0.25, -0.2) is 0 Å². The van der Waals surface area contributed by atoms with E-state index in [2.05, 4.69) is 160 Å². The lowest BCUT2D eigenvalue weighted by molar-refractivity contribution is 0.669. The van der Waals surface area contributed by atoms with Crippen molar-refractivity contribution in [1.82, 2.24) is 14.1 Å². The molecule has 0 saturated heterocycles. The highest BCUT2D eigenvalue weighted by molar-refractivity contribution is 6.17. The summed E-state index contributed by atoms with van der Waals surface area (Å²) < 4.78 is 11.3. The third kappa shape index (κ3) is 3.12. The largest absolute Gasteiger partial charge is 0.456 e. The predicted molar refractivity (Wildman–Crippen MR) is 192 cm³/mol. The number of rotatable bonds is 2. The summed E-state index contributed by atoms with van der Waals surface area (Å²) in [5.74, 6) is 0.